The molecule has 3 aromatic rings. The lowest BCUT2D eigenvalue weighted by molar-refractivity contribution is 0.0993. The number of carbonyl (C=O) groups excluding carboxylic acids is 2. The van der Waals surface area contributed by atoms with Gasteiger partial charge in [-0.1, -0.05) is 104 Å². The van der Waals surface area contributed by atoms with Crippen LogP contribution in [0.3, 0.4) is 0 Å². The van der Waals surface area contributed by atoms with Gasteiger partial charge in [0.05, 0.1) is 23.6 Å². The number of aryl methyl sites for hydroxylation is 1. The first kappa shape index (κ1) is 24.5. The van der Waals surface area contributed by atoms with Crippen LogP contribution in [-0.2, 0) is 37.0 Å². The fraction of sp³-hybridized carbons (Fsp3) is 0.429. The van der Waals surface area contributed by atoms with Crippen LogP contribution in [0, 0.1) is 18.8 Å². The van der Waals surface area contributed by atoms with Gasteiger partial charge >= 0.3 is 12.2 Å². The molecule has 12 nitrogen and oxygen atoms in total. The minimum Gasteiger partial charge on any atom is -0.445 e. The molecule has 0 unspecified atom stereocenters. The summed E-state index contributed by atoms with van der Waals surface area (Å²) in [5.41, 5.74) is 11.0. The van der Waals surface area contributed by atoms with E-state index in [-0.39, 0.29) is 44.3 Å². The third kappa shape index (κ3) is 10.2. The summed E-state index contributed by atoms with van der Waals surface area (Å²) in [6.45, 7) is -5.15. The van der Waals surface area contributed by atoms with E-state index < -0.39 is 72.7 Å². The molecule has 5 rings (SSSR count). The SMILES string of the molecule is [2H]C([2H])([2H])C([2H])([2H])[C@H]1CN(C(=O)OCc2ccccc2)C[C@@H]1OS(=O)(=O)c1ccc(C)cc1.[2H]C([2H])([2H])C([2H])([2H])[C@H]1CN(C(=O)OCc2ccccc2)C[C@H]1N=[N+]=[N-]. The number of ether oxygens (including phenoxy) is 2. The lowest BCUT2D eigenvalue weighted by atomic mass is 10.0. The van der Waals surface area contributed by atoms with E-state index in [1.54, 1.807) is 67.6 Å². The summed E-state index contributed by atoms with van der Waals surface area (Å²) in [4.78, 5) is 29.5. The molecule has 3 aromatic carbocycles. The standard InChI is InChI=1S/C21H25NO5S.C14H18N4O2/c1-3-18-13-22(21(23)26-15-17-7-5-4-6-8-17)14-20(18)27-28(24,25)19-11-9-16(2)10-12-19;1-2-12-8-18(9-13(12)16-17-15)14(19)20-10-11-6-4-3-5-7-11/h4-12,18,20H,3,13-15H2,1-2H3;3-7,12-13H,2,8-10H2,1H3/t18-,20-;12-,13+/m00/s1/i1D3,3D2;1D3,2D2. The van der Waals surface area contributed by atoms with Gasteiger partial charge < -0.3 is 19.3 Å². The number of nitrogens with zero attached hydrogens (tertiary/aromatic N) is 5. The van der Waals surface area contributed by atoms with Gasteiger partial charge in [0.1, 0.15) is 13.2 Å². The van der Waals surface area contributed by atoms with Crippen molar-refractivity contribution in [1.29, 1.82) is 0 Å². The van der Waals surface area contributed by atoms with Crippen molar-refractivity contribution in [3.63, 3.8) is 0 Å². The molecule has 13 heteroatoms. The van der Waals surface area contributed by atoms with Crippen LogP contribution >= 0.6 is 0 Å². The van der Waals surface area contributed by atoms with Crippen LogP contribution < -0.4 is 0 Å². The molecular formula is C35H43N5O7S. The molecule has 0 radical (unpaired) electrons. The first-order chi connectivity index (χ1) is 27.0. The topological polar surface area (TPSA) is 151 Å². The van der Waals surface area contributed by atoms with E-state index in [0.717, 1.165) is 21.6 Å². The maximum Gasteiger partial charge on any atom is 0.410 e. The number of azide groups is 1. The second-order valence-corrected chi connectivity index (χ2v) is 12.6. The van der Waals surface area contributed by atoms with Crippen LogP contribution in [0.4, 0.5) is 9.59 Å². The second-order valence-electron chi connectivity index (χ2n) is 11.1. The highest BCUT2D eigenvalue weighted by atomic mass is 32.2. The van der Waals surface area contributed by atoms with Gasteiger partial charge in [0.2, 0.25) is 0 Å². The van der Waals surface area contributed by atoms with Crippen LogP contribution in [0.5, 0.6) is 0 Å². The molecule has 48 heavy (non-hydrogen) atoms. The van der Waals surface area contributed by atoms with Crippen LogP contribution in [-0.4, -0.2) is 68.7 Å². The molecule has 0 N–H and O–H groups in total. The lowest BCUT2D eigenvalue weighted by Gasteiger charge is -2.17. The fourth-order valence-electron chi connectivity index (χ4n) is 4.96. The Morgan fingerprint density at radius 2 is 1.35 bits per heavy atom. The summed E-state index contributed by atoms with van der Waals surface area (Å²) >= 11 is 0. The summed E-state index contributed by atoms with van der Waals surface area (Å²) in [6.07, 6.45) is -8.33. The van der Waals surface area contributed by atoms with E-state index in [2.05, 4.69) is 10.0 Å². The lowest BCUT2D eigenvalue weighted by Crippen LogP contribution is -2.31. The molecule has 2 saturated heterocycles. The van der Waals surface area contributed by atoms with E-state index in [1.165, 1.54) is 17.0 Å². The molecule has 0 bridgehead atoms. The monoisotopic (exact) mass is 687 g/mol. The maximum absolute atomic E-state index is 12.8. The first-order valence-electron chi connectivity index (χ1n) is 19.9. The van der Waals surface area contributed by atoms with Crippen LogP contribution in [0.15, 0.2) is 94.9 Å². The molecule has 2 aliphatic rings. The van der Waals surface area contributed by atoms with Crippen LogP contribution in [0.1, 0.15) is 56.8 Å². The number of amides is 2. The Labute approximate surface area is 296 Å². The van der Waals surface area contributed by atoms with Gasteiger partial charge in [-0.15, -0.1) is 0 Å². The predicted molar refractivity (Wildman–Crippen MR) is 180 cm³/mol. The summed E-state index contributed by atoms with van der Waals surface area (Å²) in [6, 6.07) is 22.8. The van der Waals surface area contributed by atoms with Gasteiger partial charge in [-0.3, -0.25) is 4.18 Å². The molecule has 0 aliphatic carbocycles. The number of likely N-dealkylation sites (tertiary alicyclic amines) is 2. The van der Waals surface area contributed by atoms with Crippen molar-refractivity contribution in [1.82, 2.24) is 9.80 Å². The first-order valence-corrected chi connectivity index (χ1v) is 16.3. The van der Waals surface area contributed by atoms with Crippen molar-refractivity contribution in [2.45, 2.75) is 63.6 Å². The molecule has 2 aliphatic heterocycles. The van der Waals surface area contributed by atoms with Crippen molar-refractivity contribution in [3.05, 3.63) is 112 Å². The second kappa shape index (κ2) is 17.5. The number of hydrogen-bond acceptors (Lipinski definition) is 8. The van der Waals surface area contributed by atoms with Gasteiger partial charge in [-0.2, -0.15) is 8.42 Å². The Morgan fingerprint density at radius 1 is 0.833 bits per heavy atom. The van der Waals surface area contributed by atoms with Crippen molar-refractivity contribution in [2.75, 3.05) is 26.2 Å². The van der Waals surface area contributed by atoms with E-state index in [0.29, 0.717) is 0 Å². The Morgan fingerprint density at radius 3 is 1.90 bits per heavy atom. The highest BCUT2D eigenvalue weighted by molar-refractivity contribution is 7.86. The van der Waals surface area contributed by atoms with Crippen LogP contribution in [0.2, 0.25) is 0 Å². The zero-order chi connectivity index (χ0) is 43.1. The van der Waals surface area contributed by atoms with Gasteiger partial charge in [-0.25, -0.2) is 9.59 Å². The third-order valence-electron chi connectivity index (χ3n) is 7.61. The van der Waals surface area contributed by atoms with Gasteiger partial charge in [0.15, 0.2) is 0 Å². The fourth-order valence-corrected chi connectivity index (χ4v) is 6.07. The van der Waals surface area contributed by atoms with Crippen LogP contribution in [0.25, 0.3) is 10.4 Å². The highest BCUT2D eigenvalue weighted by Crippen LogP contribution is 2.28. The Bertz CT molecular complexity index is 2020. The third-order valence-corrected chi connectivity index (χ3v) is 8.96. The molecular weight excluding hydrogens is 634 g/mol. The Kier molecular flexibility index (Phi) is 8.97. The molecule has 2 fully saturated rings. The summed E-state index contributed by atoms with van der Waals surface area (Å²) in [5, 5.41) is 3.48. The minimum absolute atomic E-state index is 0.0409. The van der Waals surface area contributed by atoms with Gasteiger partial charge in [0.25, 0.3) is 10.1 Å². The smallest absolute Gasteiger partial charge is 0.410 e. The molecule has 2 amide bonds. The Hall–Kier alpha value is -4.58. The van der Waals surface area contributed by atoms with Crippen molar-refractivity contribution < 1.29 is 45.4 Å². The quantitative estimate of drug-likeness (QED) is 0.0955. The van der Waals surface area contributed by atoms with Crippen molar-refractivity contribution in [3.8, 4) is 0 Å². The Balaban J connectivity index is 0.000000267. The predicted octanol–water partition coefficient (Wildman–Crippen LogP) is 7.09. The zero-order valence-corrected chi connectivity index (χ0v) is 27.0. The molecule has 0 saturated carbocycles. The van der Waals surface area contributed by atoms with Crippen molar-refractivity contribution >= 4 is 22.3 Å². The highest BCUT2D eigenvalue weighted by Gasteiger charge is 2.39. The molecule has 256 valence electrons. The maximum atomic E-state index is 12.8. The van der Waals surface area contributed by atoms with E-state index >= 15 is 0 Å². The molecule has 4 atom stereocenters. The number of hydrogen-bond donors (Lipinski definition) is 0. The van der Waals surface area contributed by atoms with E-state index in [1.807, 2.05) is 12.1 Å². The van der Waals surface area contributed by atoms with Gasteiger partial charge in [-0.05, 0) is 48.0 Å². The van der Waals surface area contributed by atoms with Crippen molar-refractivity contribution in [2.24, 2.45) is 17.0 Å². The average Bonchev–Trinajstić information content (AvgIpc) is 3.79. The number of carbonyl (C=O) groups is 2. The zero-order valence-electron chi connectivity index (χ0n) is 36.1. The van der Waals surface area contributed by atoms with Gasteiger partial charge in [0, 0.05) is 44.2 Å². The minimum atomic E-state index is -4.33. The van der Waals surface area contributed by atoms with E-state index in [4.69, 9.17) is 32.9 Å². The van der Waals surface area contributed by atoms with E-state index in [9.17, 15) is 18.0 Å². The average molecular weight is 688 g/mol. The largest absolute Gasteiger partial charge is 0.445 e. The summed E-state index contributed by atoms with van der Waals surface area (Å²) in [7, 11) is -4.33. The number of benzene rings is 3. The molecule has 0 spiro atoms. The molecule has 2 heterocycles. The summed E-state index contributed by atoms with van der Waals surface area (Å²) in [5.74, 6) is -2.56. The number of rotatable bonds is 10. The summed E-state index contributed by atoms with van der Waals surface area (Å²) < 4.78 is 118. The molecule has 0 aromatic heterocycles. The normalized spacial score (nSPS) is 24.5.